The van der Waals surface area contributed by atoms with E-state index >= 15 is 0 Å². The van der Waals surface area contributed by atoms with Crippen molar-refractivity contribution in [3.05, 3.63) is 82.4 Å². The maximum Gasteiger partial charge on any atom is 0.233 e. The molecule has 0 amide bonds. The highest BCUT2D eigenvalue weighted by Gasteiger charge is 2.23. The van der Waals surface area contributed by atoms with Gasteiger partial charge in [0, 0.05) is 30.2 Å². The molecule has 0 aromatic heterocycles. The molecule has 143 valence electrons. The first-order valence-electron chi connectivity index (χ1n) is 10.1. The van der Waals surface area contributed by atoms with Crippen molar-refractivity contribution in [2.75, 3.05) is 19.6 Å². The number of allylic oxidation sites excluding steroid dienone is 1. The molecule has 1 atom stereocenters. The van der Waals surface area contributed by atoms with Crippen LogP contribution in [-0.2, 0) is 4.79 Å². The Morgan fingerprint density at radius 3 is 2.43 bits per heavy atom. The van der Waals surface area contributed by atoms with E-state index in [9.17, 15) is 4.79 Å². The predicted octanol–water partition coefficient (Wildman–Crippen LogP) is 5.77. The Morgan fingerprint density at radius 2 is 1.75 bits per heavy atom. The summed E-state index contributed by atoms with van der Waals surface area (Å²) in [6.45, 7) is 3.18. The van der Waals surface area contributed by atoms with Crippen LogP contribution >= 0.6 is 11.6 Å². The van der Waals surface area contributed by atoms with Crippen LogP contribution in [0.25, 0.3) is 11.1 Å². The number of hydrogen-bond donors (Lipinski definition) is 0. The number of nitrogens with zero attached hydrogens (tertiary/aromatic N) is 1. The molecule has 2 aliphatic rings. The standard InChI is InChI=1S/C25H25ClNO/c26-24-11-9-22(10-12-24)25-4-2-1-3-23(25)17-27-15-13-21(14-16-27)20-7-5-19(18-28)6-8-20/h4-13,23H,1-3,14-17H2. The van der Waals surface area contributed by atoms with Crippen LogP contribution in [-0.4, -0.2) is 30.8 Å². The second-order valence-corrected chi connectivity index (χ2v) is 8.15. The number of halogens is 1. The first-order chi connectivity index (χ1) is 13.7. The van der Waals surface area contributed by atoms with Crippen LogP contribution in [0.3, 0.4) is 0 Å². The highest BCUT2D eigenvalue weighted by molar-refractivity contribution is 6.30. The van der Waals surface area contributed by atoms with Crippen molar-refractivity contribution in [2.45, 2.75) is 25.7 Å². The Bertz CT molecular complexity index is 880. The molecule has 0 spiro atoms. The first-order valence-corrected chi connectivity index (χ1v) is 10.5. The average molecular weight is 391 g/mol. The summed E-state index contributed by atoms with van der Waals surface area (Å²) in [6.07, 6.45) is 11.5. The van der Waals surface area contributed by atoms with Crippen molar-refractivity contribution in [3.63, 3.8) is 0 Å². The predicted molar refractivity (Wildman–Crippen MR) is 117 cm³/mol. The molecule has 1 aliphatic carbocycles. The molecular weight excluding hydrogens is 366 g/mol. The summed E-state index contributed by atoms with van der Waals surface area (Å²) in [5.74, 6) is 0.590. The third-order valence-corrected chi connectivity index (χ3v) is 6.14. The van der Waals surface area contributed by atoms with Gasteiger partial charge in [-0.25, -0.2) is 0 Å². The van der Waals surface area contributed by atoms with E-state index in [2.05, 4.69) is 29.2 Å². The molecule has 1 unspecified atom stereocenters. The van der Waals surface area contributed by atoms with Gasteiger partial charge in [-0.2, -0.15) is 0 Å². The van der Waals surface area contributed by atoms with E-state index in [1.165, 1.54) is 41.5 Å². The van der Waals surface area contributed by atoms with Crippen LogP contribution < -0.4 is 0 Å². The average Bonchev–Trinajstić information content (AvgIpc) is 2.75. The molecule has 0 fully saturated rings. The van der Waals surface area contributed by atoms with Crippen molar-refractivity contribution in [1.82, 2.24) is 4.90 Å². The lowest BCUT2D eigenvalue weighted by atomic mass is 9.83. The van der Waals surface area contributed by atoms with E-state index in [1.54, 1.807) is 0 Å². The monoisotopic (exact) mass is 390 g/mol. The quantitative estimate of drug-likeness (QED) is 0.645. The molecule has 28 heavy (non-hydrogen) atoms. The summed E-state index contributed by atoms with van der Waals surface area (Å²) in [5.41, 5.74) is 6.01. The van der Waals surface area contributed by atoms with Crippen molar-refractivity contribution in [3.8, 4) is 0 Å². The van der Waals surface area contributed by atoms with Crippen LogP contribution in [0.2, 0.25) is 5.02 Å². The lowest BCUT2D eigenvalue weighted by Crippen LogP contribution is -2.34. The zero-order valence-electron chi connectivity index (χ0n) is 16.0. The van der Waals surface area contributed by atoms with E-state index in [-0.39, 0.29) is 0 Å². The molecule has 2 aromatic carbocycles. The highest BCUT2D eigenvalue weighted by atomic mass is 35.5. The Morgan fingerprint density at radius 1 is 1.00 bits per heavy atom. The fraction of sp³-hybridized carbons (Fsp3) is 0.320. The van der Waals surface area contributed by atoms with Crippen molar-refractivity contribution >= 4 is 29.0 Å². The number of hydrogen-bond acceptors (Lipinski definition) is 2. The molecule has 0 saturated carbocycles. The smallest absolute Gasteiger partial charge is 0.233 e. The van der Waals surface area contributed by atoms with E-state index in [4.69, 9.17) is 11.6 Å². The molecule has 0 saturated heterocycles. The van der Waals surface area contributed by atoms with Gasteiger partial charge in [0.2, 0.25) is 6.29 Å². The summed E-state index contributed by atoms with van der Waals surface area (Å²) in [4.78, 5) is 13.3. The fourth-order valence-electron chi connectivity index (χ4n) is 4.33. The minimum Gasteiger partial charge on any atom is -0.299 e. The first kappa shape index (κ1) is 19.2. The summed E-state index contributed by atoms with van der Waals surface area (Å²) in [7, 11) is 0. The van der Waals surface area contributed by atoms with Gasteiger partial charge in [0.1, 0.15) is 0 Å². The number of carbonyl (C=O) groups excluding carboxylic acids is 1. The molecular formula is C25H25ClNO. The Hall–Kier alpha value is -2.16. The molecule has 1 heterocycles. The molecule has 2 nitrogen and oxygen atoms in total. The zero-order valence-corrected chi connectivity index (χ0v) is 16.8. The highest BCUT2D eigenvalue weighted by Crippen LogP contribution is 2.34. The third-order valence-electron chi connectivity index (χ3n) is 5.88. The summed E-state index contributed by atoms with van der Waals surface area (Å²) >= 11 is 6.07. The second kappa shape index (κ2) is 8.89. The topological polar surface area (TPSA) is 20.3 Å². The van der Waals surface area contributed by atoms with Crippen LogP contribution in [0.1, 0.15) is 42.4 Å². The van der Waals surface area contributed by atoms with Gasteiger partial charge in [0.15, 0.2) is 0 Å². The largest absolute Gasteiger partial charge is 0.299 e. The maximum absolute atomic E-state index is 10.7. The lowest BCUT2D eigenvalue weighted by molar-refractivity contribution is 0.266. The van der Waals surface area contributed by atoms with E-state index in [0.29, 0.717) is 11.5 Å². The van der Waals surface area contributed by atoms with Crippen LogP contribution in [0.4, 0.5) is 0 Å². The van der Waals surface area contributed by atoms with Gasteiger partial charge in [-0.05, 0) is 66.0 Å². The molecule has 0 N–H and O–H groups in total. The summed E-state index contributed by atoms with van der Waals surface area (Å²) in [6, 6.07) is 16.1. The Labute approximate surface area is 172 Å². The lowest BCUT2D eigenvalue weighted by Gasteiger charge is -2.33. The third kappa shape index (κ3) is 4.45. The summed E-state index contributed by atoms with van der Waals surface area (Å²) in [5, 5.41) is 0.796. The molecule has 4 rings (SSSR count). The number of benzene rings is 2. The Balaban J connectivity index is 1.42. The van der Waals surface area contributed by atoms with Gasteiger partial charge in [0.25, 0.3) is 0 Å². The minimum atomic E-state index is 0.590. The van der Waals surface area contributed by atoms with Gasteiger partial charge in [-0.3, -0.25) is 9.69 Å². The molecule has 1 radical (unpaired) electrons. The fourth-order valence-corrected chi connectivity index (χ4v) is 4.46. The SMILES string of the molecule is O=[C]c1ccc(C2=CCN(CC3CCCC=C3c3ccc(Cl)cc3)CC2)cc1. The zero-order chi connectivity index (χ0) is 19.3. The van der Waals surface area contributed by atoms with Crippen LogP contribution in [0.5, 0.6) is 0 Å². The van der Waals surface area contributed by atoms with Gasteiger partial charge in [-0.1, -0.05) is 60.2 Å². The van der Waals surface area contributed by atoms with Gasteiger partial charge >= 0.3 is 0 Å². The molecule has 0 bridgehead atoms. The Kier molecular flexibility index (Phi) is 6.09. The van der Waals surface area contributed by atoms with Crippen molar-refractivity contribution < 1.29 is 4.79 Å². The van der Waals surface area contributed by atoms with E-state index in [1.807, 2.05) is 42.7 Å². The molecule has 2 aromatic rings. The molecule has 3 heteroatoms. The summed E-state index contributed by atoms with van der Waals surface area (Å²) < 4.78 is 0. The normalized spacial score (nSPS) is 20.4. The van der Waals surface area contributed by atoms with E-state index < -0.39 is 0 Å². The van der Waals surface area contributed by atoms with Crippen LogP contribution in [0.15, 0.2) is 60.7 Å². The van der Waals surface area contributed by atoms with Gasteiger partial charge < -0.3 is 0 Å². The van der Waals surface area contributed by atoms with Gasteiger partial charge in [-0.15, -0.1) is 0 Å². The van der Waals surface area contributed by atoms with Gasteiger partial charge in [0.05, 0.1) is 0 Å². The maximum atomic E-state index is 10.7. The van der Waals surface area contributed by atoms with E-state index in [0.717, 1.165) is 31.1 Å². The van der Waals surface area contributed by atoms with Crippen molar-refractivity contribution in [2.24, 2.45) is 5.92 Å². The minimum absolute atomic E-state index is 0.590. The van der Waals surface area contributed by atoms with Crippen molar-refractivity contribution in [1.29, 1.82) is 0 Å². The second-order valence-electron chi connectivity index (χ2n) is 7.71. The van der Waals surface area contributed by atoms with Crippen LogP contribution in [0, 0.1) is 5.92 Å². The number of rotatable bonds is 5. The molecule has 1 aliphatic heterocycles.